The Morgan fingerprint density at radius 1 is 1.39 bits per heavy atom. The predicted octanol–water partition coefficient (Wildman–Crippen LogP) is -0.0327. The SMILES string of the molecule is CC(N)C(C)C(=O)NCC1(C(=O)O)CCOCC1. The number of carbonyl (C=O) groups is 2. The second-order valence-electron chi connectivity index (χ2n) is 5.06. The lowest BCUT2D eigenvalue weighted by atomic mass is 9.80. The highest BCUT2D eigenvalue weighted by Crippen LogP contribution is 2.30. The van der Waals surface area contributed by atoms with Crippen molar-refractivity contribution in [1.29, 1.82) is 0 Å². The molecule has 6 heteroatoms. The Hall–Kier alpha value is -1.14. The Morgan fingerprint density at radius 3 is 2.39 bits per heavy atom. The van der Waals surface area contributed by atoms with Gasteiger partial charge in [0.05, 0.1) is 5.41 Å². The van der Waals surface area contributed by atoms with E-state index in [4.69, 9.17) is 10.5 Å². The van der Waals surface area contributed by atoms with E-state index in [1.807, 2.05) is 0 Å². The van der Waals surface area contributed by atoms with E-state index < -0.39 is 11.4 Å². The monoisotopic (exact) mass is 258 g/mol. The molecule has 2 unspecified atom stereocenters. The minimum atomic E-state index is -0.897. The first-order valence-corrected chi connectivity index (χ1v) is 6.23. The summed E-state index contributed by atoms with van der Waals surface area (Å²) in [6, 6.07) is -0.250. The summed E-state index contributed by atoms with van der Waals surface area (Å²) in [5.74, 6) is -1.40. The van der Waals surface area contributed by atoms with Gasteiger partial charge in [-0.3, -0.25) is 9.59 Å². The van der Waals surface area contributed by atoms with Gasteiger partial charge < -0.3 is 20.9 Å². The van der Waals surface area contributed by atoms with Crippen LogP contribution in [0, 0.1) is 11.3 Å². The van der Waals surface area contributed by atoms with Crippen LogP contribution in [0.1, 0.15) is 26.7 Å². The van der Waals surface area contributed by atoms with Crippen LogP contribution in [0.3, 0.4) is 0 Å². The molecule has 0 radical (unpaired) electrons. The van der Waals surface area contributed by atoms with Crippen LogP contribution < -0.4 is 11.1 Å². The largest absolute Gasteiger partial charge is 0.481 e. The lowest BCUT2D eigenvalue weighted by Gasteiger charge is -2.33. The molecule has 1 rings (SSSR count). The molecule has 0 aromatic carbocycles. The van der Waals surface area contributed by atoms with E-state index in [1.54, 1.807) is 13.8 Å². The van der Waals surface area contributed by atoms with E-state index >= 15 is 0 Å². The molecule has 4 N–H and O–H groups in total. The number of hydrogen-bond donors (Lipinski definition) is 3. The molecule has 1 aliphatic heterocycles. The predicted molar refractivity (Wildman–Crippen MR) is 65.9 cm³/mol. The van der Waals surface area contributed by atoms with Gasteiger partial charge in [-0.2, -0.15) is 0 Å². The summed E-state index contributed by atoms with van der Waals surface area (Å²) in [6.07, 6.45) is 0.852. The molecule has 18 heavy (non-hydrogen) atoms. The maximum absolute atomic E-state index is 11.8. The number of rotatable bonds is 5. The van der Waals surface area contributed by atoms with Crippen LogP contribution in [0.2, 0.25) is 0 Å². The number of carboxylic acids is 1. The maximum Gasteiger partial charge on any atom is 0.311 e. The molecule has 0 spiro atoms. The number of nitrogens with one attached hydrogen (secondary N) is 1. The van der Waals surface area contributed by atoms with Gasteiger partial charge in [-0.25, -0.2) is 0 Å². The Labute approximate surface area is 107 Å². The van der Waals surface area contributed by atoms with Crippen LogP contribution in [-0.2, 0) is 14.3 Å². The number of nitrogens with two attached hydrogens (primary N) is 1. The quantitative estimate of drug-likeness (QED) is 0.642. The number of ether oxygens (including phenoxy) is 1. The van der Waals surface area contributed by atoms with Crippen molar-refractivity contribution in [3.05, 3.63) is 0 Å². The highest BCUT2D eigenvalue weighted by atomic mass is 16.5. The number of amides is 1. The van der Waals surface area contributed by atoms with E-state index in [2.05, 4.69) is 5.32 Å². The molecule has 0 aliphatic carbocycles. The maximum atomic E-state index is 11.8. The second-order valence-corrected chi connectivity index (χ2v) is 5.06. The number of aliphatic carboxylic acids is 1. The summed E-state index contributed by atoms with van der Waals surface area (Å²) in [6.45, 7) is 4.47. The zero-order valence-corrected chi connectivity index (χ0v) is 10.9. The third kappa shape index (κ3) is 3.43. The summed E-state index contributed by atoms with van der Waals surface area (Å²) in [4.78, 5) is 23.1. The molecule has 6 nitrogen and oxygen atoms in total. The van der Waals surface area contributed by atoms with Crippen LogP contribution in [0.4, 0.5) is 0 Å². The number of carboxylic acid groups (broad SMARTS) is 1. The molecule has 0 saturated carbocycles. The summed E-state index contributed by atoms with van der Waals surface area (Å²) >= 11 is 0. The minimum Gasteiger partial charge on any atom is -0.481 e. The van der Waals surface area contributed by atoms with Gasteiger partial charge in [-0.15, -0.1) is 0 Å². The Balaban J connectivity index is 2.58. The lowest BCUT2D eigenvalue weighted by molar-refractivity contribution is -0.154. The van der Waals surface area contributed by atoms with E-state index in [0.29, 0.717) is 26.1 Å². The summed E-state index contributed by atoms with van der Waals surface area (Å²) in [5.41, 5.74) is 4.74. The first kappa shape index (κ1) is 14.9. The third-order valence-corrected chi connectivity index (χ3v) is 3.71. The molecule has 1 saturated heterocycles. The average molecular weight is 258 g/mol. The first-order valence-electron chi connectivity index (χ1n) is 6.23. The van der Waals surface area contributed by atoms with Crippen LogP contribution in [0.5, 0.6) is 0 Å². The average Bonchev–Trinajstić information content (AvgIpc) is 2.35. The first-order chi connectivity index (χ1) is 8.39. The lowest BCUT2D eigenvalue weighted by Crippen LogP contribution is -2.49. The standard InChI is InChI=1S/C12H22N2O4/c1-8(9(2)13)10(15)14-7-12(11(16)17)3-5-18-6-4-12/h8-9H,3-7,13H2,1-2H3,(H,14,15)(H,16,17). The second kappa shape index (κ2) is 6.15. The highest BCUT2D eigenvalue weighted by Gasteiger charge is 2.40. The van der Waals surface area contributed by atoms with Crippen LogP contribution in [0.25, 0.3) is 0 Å². The van der Waals surface area contributed by atoms with Crippen molar-refractivity contribution < 1.29 is 19.4 Å². The zero-order valence-electron chi connectivity index (χ0n) is 10.9. The van der Waals surface area contributed by atoms with Crippen molar-refractivity contribution in [2.24, 2.45) is 17.1 Å². The fraction of sp³-hybridized carbons (Fsp3) is 0.833. The van der Waals surface area contributed by atoms with Crippen molar-refractivity contribution in [3.63, 3.8) is 0 Å². The Bertz CT molecular complexity index is 311. The Morgan fingerprint density at radius 2 is 1.94 bits per heavy atom. The van der Waals surface area contributed by atoms with Crippen LogP contribution in [0.15, 0.2) is 0 Å². The molecule has 0 bridgehead atoms. The molecule has 104 valence electrons. The van der Waals surface area contributed by atoms with Crippen molar-refractivity contribution in [1.82, 2.24) is 5.32 Å². The molecule has 1 heterocycles. The molecule has 1 amide bonds. The molecule has 2 atom stereocenters. The molecule has 1 aliphatic rings. The zero-order chi connectivity index (χ0) is 13.8. The Kier molecular flexibility index (Phi) is 5.10. The minimum absolute atomic E-state index is 0.140. The van der Waals surface area contributed by atoms with E-state index in [9.17, 15) is 14.7 Å². The van der Waals surface area contributed by atoms with Crippen molar-refractivity contribution in [2.75, 3.05) is 19.8 Å². The van der Waals surface area contributed by atoms with Gasteiger partial charge in [0, 0.05) is 31.7 Å². The normalized spacial score (nSPS) is 21.9. The summed E-state index contributed by atoms with van der Waals surface area (Å²) in [7, 11) is 0. The van der Waals surface area contributed by atoms with Gasteiger partial charge in [0.2, 0.25) is 5.91 Å². The summed E-state index contributed by atoms with van der Waals surface area (Å²) in [5, 5.41) is 12.0. The van der Waals surface area contributed by atoms with E-state index in [0.717, 1.165) is 0 Å². The van der Waals surface area contributed by atoms with Crippen molar-refractivity contribution in [3.8, 4) is 0 Å². The topological polar surface area (TPSA) is 102 Å². The van der Waals surface area contributed by atoms with Gasteiger partial charge in [0.15, 0.2) is 0 Å². The van der Waals surface area contributed by atoms with Crippen LogP contribution in [-0.4, -0.2) is 42.8 Å². The molecule has 1 fully saturated rings. The number of hydrogen-bond acceptors (Lipinski definition) is 4. The third-order valence-electron chi connectivity index (χ3n) is 3.71. The van der Waals surface area contributed by atoms with Crippen LogP contribution >= 0.6 is 0 Å². The fourth-order valence-corrected chi connectivity index (χ4v) is 1.88. The van der Waals surface area contributed by atoms with Gasteiger partial charge in [0.1, 0.15) is 0 Å². The highest BCUT2D eigenvalue weighted by molar-refractivity contribution is 5.81. The van der Waals surface area contributed by atoms with E-state index in [-0.39, 0.29) is 24.4 Å². The van der Waals surface area contributed by atoms with Crippen molar-refractivity contribution in [2.45, 2.75) is 32.7 Å². The van der Waals surface area contributed by atoms with Gasteiger partial charge in [-0.05, 0) is 19.8 Å². The van der Waals surface area contributed by atoms with E-state index in [1.165, 1.54) is 0 Å². The smallest absolute Gasteiger partial charge is 0.311 e. The molecular formula is C12H22N2O4. The fourth-order valence-electron chi connectivity index (χ4n) is 1.88. The summed E-state index contributed by atoms with van der Waals surface area (Å²) < 4.78 is 5.17. The van der Waals surface area contributed by atoms with Gasteiger partial charge >= 0.3 is 5.97 Å². The molecular weight excluding hydrogens is 236 g/mol. The molecule has 0 aromatic rings. The number of carbonyl (C=O) groups excluding carboxylic acids is 1. The van der Waals surface area contributed by atoms with Gasteiger partial charge in [-0.1, -0.05) is 6.92 Å². The van der Waals surface area contributed by atoms with Crippen molar-refractivity contribution >= 4 is 11.9 Å². The molecule has 0 aromatic heterocycles. The van der Waals surface area contributed by atoms with Gasteiger partial charge in [0.25, 0.3) is 0 Å².